The van der Waals surface area contributed by atoms with Gasteiger partial charge in [0.25, 0.3) is 0 Å². The van der Waals surface area contributed by atoms with Crippen molar-refractivity contribution >= 4 is 5.91 Å². The van der Waals surface area contributed by atoms with Crippen LogP contribution in [0.15, 0.2) is 29.8 Å². The fourth-order valence-corrected chi connectivity index (χ4v) is 6.88. The van der Waals surface area contributed by atoms with E-state index in [1.165, 1.54) is 50.8 Å². The van der Waals surface area contributed by atoms with Crippen LogP contribution in [0.3, 0.4) is 0 Å². The molecule has 4 nitrogen and oxygen atoms in total. The van der Waals surface area contributed by atoms with Crippen molar-refractivity contribution in [3.63, 3.8) is 0 Å². The maximum atomic E-state index is 13.4. The van der Waals surface area contributed by atoms with Crippen molar-refractivity contribution in [3.8, 4) is 5.75 Å². The third kappa shape index (κ3) is 3.11. The summed E-state index contributed by atoms with van der Waals surface area (Å²) in [5, 5.41) is 0. The summed E-state index contributed by atoms with van der Waals surface area (Å²) in [6.07, 6.45) is 11.8. The lowest BCUT2D eigenvalue weighted by Crippen LogP contribution is -2.60. The van der Waals surface area contributed by atoms with Crippen molar-refractivity contribution in [2.75, 3.05) is 26.2 Å². The molecule has 2 bridgehead atoms. The highest BCUT2D eigenvalue weighted by molar-refractivity contribution is 5.80. The zero-order chi connectivity index (χ0) is 19.4. The number of likely N-dealkylation sites (tertiary alicyclic amines) is 1. The van der Waals surface area contributed by atoms with Gasteiger partial charge in [-0.3, -0.25) is 9.69 Å². The van der Waals surface area contributed by atoms with Gasteiger partial charge in [-0.05, 0) is 67.7 Å². The summed E-state index contributed by atoms with van der Waals surface area (Å²) in [6.45, 7) is 4.16. The number of nitrogens with zero attached hydrogens (tertiary/aromatic N) is 2. The third-order valence-electron chi connectivity index (χ3n) is 8.09. The Kier molecular flexibility index (Phi) is 4.44. The smallest absolute Gasteiger partial charge is 0.227 e. The molecule has 1 amide bonds. The molecule has 0 aromatic heterocycles. The molecular formula is C25H32N2O2. The molecule has 29 heavy (non-hydrogen) atoms. The summed E-state index contributed by atoms with van der Waals surface area (Å²) in [5.41, 5.74) is 3.99. The van der Waals surface area contributed by atoms with E-state index in [2.05, 4.69) is 34.1 Å². The van der Waals surface area contributed by atoms with Gasteiger partial charge in [-0.1, -0.05) is 30.2 Å². The molecule has 3 fully saturated rings. The SMILES string of the molecule is O=C(Cc1ccc2c(c1)CCO2)N1CCCC2=C[C@H]3C[C@@H](CN4CCCC[C@H]34)[C@@H]21. The largest absolute Gasteiger partial charge is 0.493 e. The molecule has 154 valence electrons. The summed E-state index contributed by atoms with van der Waals surface area (Å²) >= 11 is 0. The highest BCUT2D eigenvalue weighted by atomic mass is 16.5. The Morgan fingerprint density at radius 3 is 3.07 bits per heavy atom. The molecule has 6 rings (SSSR count). The highest BCUT2D eigenvalue weighted by Crippen LogP contribution is 2.45. The van der Waals surface area contributed by atoms with Gasteiger partial charge in [0.1, 0.15) is 5.75 Å². The average molecular weight is 393 g/mol. The van der Waals surface area contributed by atoms with Crippen LogP contribution in [-0.4, -0.2) is 54.0 Å². The van der Waals surface area contributed by atoms with Gasteiger partial charge < -0.3 is 9.64 Å². The first kappa shape index (κ1) is 18.0. The minimum Gasteiger partial charge on any atom is -0.493 e. The summed E-state index contributed by atoms with van der Waals surface area (Å²) < 4.78 is 5.63. The van der Waals surface area contributed by atoms with Crippen molar-refractivity contribution in [2.24, 2.45) is 11.8 Å². The summed E-state index contributed by atoms with van der Waals surface area (Å²) in [4.78, 5) is 18.4. The quantitative estimate of drug-likeness (QED) is 0.721. The predicted octanol–water partition coefficient (Wildman–Crippen LogP) is 3.59. The molecule has 0 N–H and O–H groups in total. The second-order valence-corrected chi connectivity index (χ2v) is 9.81. The number of fused-ring (bicyclic) bond motifs is 7. The number of piperidine rings is 3. The van der Waals surface area contributed by atoms with Gasteiger partial charge in [0, 0.05) is 25.6 Å². The Hall–Kier alpha value is -1.81. The monoisotopic (exact) mass is 392 g/mol. The molecule has 3 saturated heterocycles. The van der Waals surface area contributed by atoms with E-state index in [0.717, 1.165) is 49.3 Å². The Labute approximate surface area is 173 Å². The Morgan fingerprint density at radius 2 is 2.10 bits per heavy atom. The van der Waals surface area contributed by atoms with E-state index in [0.29, 0.717) is 24.3 Å². The molecule has 1 aromatic carbocycles. The van der Waals surface area contributed by atoms with Crippen LogP contribution in [0.25, 0.3) is 0 Å². The molecule has 4 heterocycles. The van der Waals surface area contributed by atoms with E-state index >= 15 is 0 Å². The van der Waals surface area contributed by atoms with Crippen LogP contribution in [0.2, 0.25) is 0 Å². The number of carbonyl (C=O) groups excluding carboxylic acids is 1. The predicted molar refractivity (Wildman–Crippen MR) is 113 cm³/mol. The molecule has 4 heteroatoms. The summed E-state index contributed by atoms with van der Waals surface area (Å²) in [6, 6.07) is 7.45. The molecule has 1 aliphatic carbocycles. The van der Waals surface area contributed by atoms with Crippen LogP contribution in [0.1, 0.15) is 49.7 Å². The molecule has 0 spiro atoms. The summed E-state index contributed by atoms with van der Waals surface area (Å²) in [7, 11) is 0. The molecule has 1 aromatic rings. The topological polar surface area (TPSA) is 32.8 Å². The van der Waals surface area contributed by atoms with Gasteiger partial charge in [0.2, 0.25) is 5.91 Å². The van der Waals surface area contributed by atoms with Crippen LogP contribution in [0, 0.1) is 11.8 Å². The zero-order valence-electron chi connectivity index (χ0n) is 17.3. The summed E-state index contributed by atoms with van der Waals surface area (Å²) in [5.74, 6) is 2.68. The second kappa shape index (κ2) is 7.16. The zero-order valence-corrected chi connectivity index (χ0v) is 17.3. The normalized spacial score (nSPS) is 33.2. The van der Waals surface area contributed by atoms with Crippen molar-refractivity contribution in [1.82, 2.24) is 9.80 Å². The van der Waals surface area contributed by atoms with Gasteiger partial charge in [0.15, 0.2) is 0 Å². The van der Waals surface area contributed by atoms with E-state index in [1.54, 1.807) is 5.57 Å². The van der Waals surface area contributed by atoms with Crippen molar-refractivity contribution in [1.29, 1.82) is 0 Å². The molecule has 5 aliphatic rings. The van der Waals surface area contributed by atoms with E-state index in [9.17, 15) is 4.79 Å². The minimum absolute atomic E-state index is 0.318. The molecule has 0 unspecified atom stereocenters. The first-order chi connectivity index (χ1) is 14.3. The molecule has 0 saturated carbocycles. The van der Waals surface area contributed by atoms with Crippen LogP contribution in [-0.2, 0) is 17.6 Å². The van der Waals surface area contributed by atoms with Crippen molar-refractivity contribution in [2.45, 2.75) is 63.5 Å². The van der Waals surface area contributed by atoms with Gasteiger partial charge in [-0.15, -0.1) is 0 Å². The second-order valence-electron chi connectivity index (χ2n) is 9.81. The van der Waals surface area contributed by atoms with Crippen LogP contribution < -0.4 is 4.74 Å². The van der Waals surface area contributed by atoms with Gasteiger partial charge in [-0.2, -0.15) is 0 Å². The first-order valence-corrected chi connectivity index (χ1v) is 11.7. The van der Waals surface area contributed by atoms with Crippen molar-refractivity contribution in [3.05, 3.63) is 41.0 Å². The van der Waals surface area contributed by atoms with Crippen molar-refractivity contribution < 1.29 is 9.53 Å². The lowest BCUT2D eigenvalue weighted by atomic mass is 9.68. The van der Waals surface area contributed by atoms with Crippen LogP contribution in [0.5, 0.6) is 5.75 Å². The number of hydrogen-bond donors (Lipinski definition) is 0. The molecule has 4 aliphatic heterocycles. The average Bonchev–Trinajstić information content (AvgIpc) is 3.21. The third-order valence-corrected chi connectivity index (χ3v) is 8.09. The maximum absolute atomic E-state index is 13.4. The van der Waals surface area contributed by atoms with E-state index in [1.807, 2.05) is 0 Å². The van der Waals surface area contributed by atoms with Crippen LogP contribution in [0.4, 0.5) is 0 Å². The van der Waals surface area contributed by atoms with E-state index in [-0.39, 0.29) is 0 Å². The van der Waals surface area contributed by atoms with E-state index in [4.69, 9.17) is 4.74 Å². The molecule has 4 atom stereocenters. The fraction of sp³-hybridized carbons (Fsp3) is 0.640. The number of amides is 1. The first-order valence-electron chi connectivity index (χ1n) is 11.7. The van der Waals surface area contributed by atoms with Gasteiger partial charge >= 0.3 is 0 Å². The van der Waals surface area contributed by atoms with Gasteiger partial charge in [0.05, 0.1) is 19.1 Å². The molecular weight excluding hydrogens is 360 g/mol. The Bertz CT molecular complexity index is 847. The maximum Gasteiger partial charge on any atom is 0.227 e. The standard InChI is InChI=1S/C25H32N2O2/c28-24(13-17-6-7-23-18(12-17)8-11-29-23)27-10-3-4-19-14-20-15-21(25(19)27)16-26-9-2-1-5-22(20)26/h6-7,12,14,20-22,25H,1-5,8-11,13,15-16H2/t20-,21-,22+,25+/m0/s1. The van der Waals surface area contributed by atoms with Crippen LogP contribution >= 0.6 is 0 Å². The number of ether oxygens (including phenoxy) is 1. The van der Waals surface area contributed by atoms with Gasteiger partial charge in [-0.25, -0.2) is 0 Å². The lowest BCUT2D eigenvalue weighted by Gasteiger charge is -2.54. The number of benzene rings is 1. The number of rotatable bonds is 2. The fourth-order valence-electron chi connectivity index (χ4n) is 6.88. The number of hydrogen-bond acceptors (Lipinski definition) is 3. The Balaban J connectivity index is 1.24. The number of carbonyl (C=O) groups is 1. The van der Waals surface area contributed by atoms with E-state index < -0.39 is 0 Å². The Morgan fingerprint density at radius 1 is 1.14 bits per heavy atom. The highest BCUT2D eigenvalue weighted by Gasteiger charge is 2.46. The molecule has 0 radical (unpaired) electrons. The lowest BCUT2D eigenvalue weighted by molar-refractivity contribution is -0.135. The minimum atomic E-state index is 0.318.